The second kappa shape index (κ2) is 4.35. The van der Waals surface area contributed by atoms with Crippen LogP contribution in [0, 0.1) is 15.9 Å². The molecule has 0 fully saturated rings. The number of hydrogen-bond acceptors (Lipinski definition) is 4. The topological polar surface area (TPSA) is 63.2 Å². The number of nitrogens with zero attached hydrogens (tertiary/aromatic N) is 2. The minimum atomic E-state index is -0.725. The van der Waals surface area contributed by atoms with Gasteiger partial charge < -0.3 is 0 Å². The molecule has 4 rings (SSSR count). The number of amides is 1. The lowest BCUT2D eigenvalue weighted by atomic mass is 10.2. The van der Waals surface area contributed by atoms with Crippen LogP contribution in [0.2, 0.25) is 0 Å². The van der Waals surface area contributed by atoms with Crippen LogP contribution in [0.3, 0.4) is 0 Å². The summed E-state index contributed by atoms with van der Waals surface area (Å²) in [6.45, 7) is 0. The lowest BCUT2D eigenvalue weighted by Gasteiger charge is -1.97. The number of nitro benzene ring substituents is 1. The van der Waals surface area contributed by atoms with Gasteiger partial charge in [-0.25, -0.2) is 4.39 Å². The van der Waals surface area contributed by atoms with Gasteiger partial charge in [0.05, 0.1) is 21.6 Å². The largest absolute Gasteiger partial charge is 0.298 e. The van der Waals surface area contributed by atoms with Crippen molar-refractivity contribution in [2.24, 2.45) is 0 Å². The third-order valence-electron chi connectivity index (χ3n) is 3.49. The highest BCUT2D eigenvalue weighted by molar-refractivity contribution is 7.21. The molecule has 0 atom stereocenters. The standard InChI is InChI=1S/C15H7FN2O3S/c16-9-6-10-14(11(7-9)18(20)21)17(10)15(19)13-5-8-3-1-2-4-12(8)22-13/h1-7H. The molecule has 0 radical (unpaired) electrons. The Morgan fingerprint density at radius 1 is 1.23 bits per heavy atom. The summed E-state index contributed by atoms with van der Waals surface area (Å²) in [6.07, 6.45) is 0. The SMILES string of the molecule is O=C(c1cc2ccccc2s1)N1c2cc(F)cc([N+](=O)[O-])c21. The quantitative estimate of drug-likeness (QED) is 0.404. The van der Waals surface area contributed by atoms with Gasteiger partial charge in [0.2, 0.25) is 0 Å². The van der Waals surface area contributed by atoms with Crippen LogP contribution in [0.5, 0.6) is 0 Å². The van der Waals surface area contributed by atoms with E-state index in [1.165, 1.54) is 16.2 Å². The van der Waals surface area contributed by atoms with Crippen molar-refractivity contribution < 1.29 is 14.1 Å². The number of carbonyl (C=O) groups excluding carboxylic acids is 1. The van der Waals surface area contributed by atoms with E-state index in [2.05, 4.69) is 0 Å². The van der Waals surface area contributed by atoms with Crippen LogP contribution in [-0.4, -0.2) is 10.8 Å². The van der Waals surface area contributed by atoms with Crippen LogP contribution < -0.4 is 4.90 Å². The molecule has 1 aromatic heterocycles. The van der Waals surface area contributed by atoms with Crippen LogP contribution in [0.4, 0.5) is 21.5 Å². The first-order valence-corrected chi connectivity index (χ1v) is 7.19. The molecule has 0 aliphatic carbocycles. The number of thiophene rings is 1. The predicted octanol–water partition coefficient (Wildman–Crippen LogP) is 4.24. The van der Waals surface area contributed by atoms with Crippen molar-refractivity contribution in [1.29, 1.82) is 0 Å². The molecule has 2 heterocycles. The van der Waals surface area contributed by atoms with Crippen LogP contribution in [0.1, 0.15) is 9.67 Å². The molecule has 5 nitrogen and oxygen atoms in total. The van der Waals surface area contributed by atoms with E-state index in [1.54, 1.807) is 6.07 Å². The van der Waals surface area contributed by atoms with E-state index in [0.717, 1.165) is 22.2 Å². The summed E-state index contributed by atoms with van der Waals surface area (Å²) in [4.78, 5) is 24.4. The number of nitro groups is 1. The van der Waals surface area contributed by atoms with Gasteiger partial charge in [-0.1, -0.05) is 18.2 Å². The lowest BCUT2D eigenvalue weighted by Crippen LogP contribution is -2.11. The number of benzene rings is 2. The Kier molecular flexibility index (Phi) is 2.55. The van der Waals surface area contributed by atoms with E-state index in [1.807, 2.05) is 24.3 Å². The van der Waals surface area contributed by atoms with Crippen molar-refractivity contribution >= 4 is 44.4 Å². The molecule has 3 aromatic rings. The average molecular weight is 314 g/mol. The molecular formula is C15H7FN2O3S. The number of halogens is 1. The summed E-state index contributed by atoms with van der Waals surface area (Å²) in [5.41, 5.74) is 0.0486. The van der Waals surface area contributed by atoms with Gasteiger partial charge in [-0.2, -0.15) is 0 Å². The van der Waals surface area contributed by atoms with Crippen molar-refractivity contribution in [3.8, 4) is 0 Å². The molecule has 1 aliphatic rings. The van der Waals surface area contributed by atoms with E-state index >= 15 is 0 Å². The first kappa shape index (κ1) is 12.9. The smallest absolute Gasteiger partial charge is 0.267 e. The number of carbonyl (C=O) groups is 1. The lowest BCUT2D eigenvalue weighted by molar-refractivity contribution is -0.383. The molecule has 2 aromatic carbocycles. The summed E-state index contributed by atoms with van der Waals surface area (Å²) in [5, 5.41) is 11.9. The summed E-state index contributed by atoms with van der Waals surface area (Å²) in [5.74, 6) is -1.10. The number of fused-ring (bicyclic) bond motifs is 2. The van der Waals surface area contributed by atoms with E-state index in [9.17, 15) is 19.3 Å². The molecule has 0 saturated heterocycles. The first-order valence-electron chi connectivity index (χ1n) is 6.37. The number of rotatable bonds is 2. The van der Waals surface area contributed by atoms with Gasteiger partial charge in [0.1, 0.15) is 5.82 Å². The van der Waals surface area contributed by atoms with E-state index in [0.29, 0.717) is 4.88 Å². The molecule has 0 unspecified atom stereocenters. The average Bonchev–Trinajstić information content (AvgIpc) is 3.03. The van der Waals surface area contributed by atoms with E-state index in [4.69, 9.17) is 0 Å². The zero-order valence-electron chi connectivity index (χ0n) is 10.9. The number of anilines is 2. The fourth-order valence-corrected chi connectivity index (χ4v) is 3.47. The molecule has 1 aliphatic heterocycles. The van der Waals surface area contributed by atoms with Crippen molar-refractivity contribution in [1.82, 2.24) is 0 Å². The third-order valence-corrected chi connectivity index (χ3v) is 4.59. The van der Waals surface area contributed by atoms with Crippen molar-refractivity contribution in [2.45, 2.75) is 0 Å². The van der Waals surface area contributed by atoms with Gasteiger partial charge in [0, 0.05) is 10.8 Å². The molecule has 0 spiro atoms. The van der Waals surface area contributed by atoms with Gasteiger partial charge in [-0.15, -0.1) is 11.3 Å². The zero-order chi connectivity index (χ0) is 15.4. The van der Waals surface area contributed by atoms with Gasteiger partial charge in [0.25, 0.3) is 11.6 Å². The van der Waals surface area contributed by atoms with Crippen LogP contribution in [-0.2, 0) is 0 Å². The second-order valence-corrected chi connectivity index (χ2v) is 5.92. The zero-order valence-corrected chi connectivity index (χ0v) is 11.8. The Labute approximate surface area is 127 Å². The Hall–Kier alpha value is -2.80. The molecule has 0 N–H and O–H groups in total. The highest BCUT2D eigenvalue weighted by Gasteiger charge is 2.44. The Balaban J connectivity index is 1.75. The minimum absolute atomic E-state index is 0.175. The predicted molar refractivity (Wildman–Crippen MR) is 81.3 cm³/mol. The van der Waals surface area contributed by atoms with Crippen molar-refractivity contribution in [2.75, 3.05) is 4.90 Å². The summed E-state index contributed by atoms with van der Waals surface area (Å²) in [7, 11) is 0. The minimum Gasteiger partial charge on any atom is -0.267 e. The maximum Gasteiger partial charge on any atom is 0.298 e. The molecule has 0 saturated carbocycles. The van der Waals surface area contributed by atoms with Crippen molar-refractivity contribution in [3.63, 3.8) is 0 Å². The maximum atomic E-state index is 13.4. The van der Waals surface area contributed by atoms with Crippen LogP contribution >= 0.6 is 11.3 Å². The first-order chi connectivity index (χ1) is 10.6. The molecule has 7 heteroatoms. The third kappa shape index (κ3) is 1.79. The van der Waals surface area contributed by atoms with E-state index < -0.39 is 10.7 Å². The Bertz CT molecular complexity index is 934. The van der Waals surface area contributed by atoms with Gasteiger partial charge >= 0.3 is 0 Å². The second-order valence-electron chi connectivity index (χ2n) is 4.84. The van der Waals surface area contributed by atoms with Crippen molar-refractivity contribution in [3.05, 3.63) is 63.3 Å². The van der Waals surface area contributed by atoms with Crippen LogP contribution in [0.25, 0.3) is 10.1 Å². The van der Waals surface area contributed by atoms with Crippen LogP contribution in [0.15, 0.2) is 42.5 Å². The molecule has 22 heavy (non-hydrogen) atoms. The fourth-order valence-electron chi connectivity index (χ4n) is 2.48. The summed E-state index contributed by atoms with van der Waals surface area (Å²) in [6, 6.07) is 11.2. The Morgan fingerprint density at radius 3 is 2.73 bits per heavy atom. The molecule has 1 amide bonds. The number of hydrogen-bond donors (Lipinski definition) is 0. The van der Waals surface area contributed by atoms with Gasteiger partial charge in [-0.05, 0) is 17.5 Å². The maximum absolute atomic E-state index is 13.4. The van der Waals surface area contributed by atoms with Gasteiger partial charge in [0.15, 0.2) is 5.69 Å². The normalized spacial score (nSPS) is 12.3. The van der Waals surface area contributed by atoms with Gasteiger partial charge in [-0.3, -0.25) is 19.8 Å². The molecular weight excluding hydrogens is 307 g/mol. The van der Waals surface area contributed by atoms with E-state index in [-0.39, 0.29) is 23.0 Å². The monoisotopic (exact) mass is 314 g/mol. The molecule has 108 valence electrons. The summed E-state index contributed by atoms with van der Waals surface area (Å²) >= 11 is 1.31. The summed E-state index contributed by atoms with van der Waals surface area (Å²) < 4.78 is 14.3. The fraction of sp³-hybridized carbons (Fsp3) is 0. The molecule has 0 bridgehead atoms. The highest BCUT2D eigenvalue weighted by atomic mass is 32.1. The highest BCUT2D eigenvalue weighted by Crippen LogP contribution is 2.55. The Morgan fingerprint density at radius 2 is 2.00 bits per heavy atom.